The molecule has 0 aliphatic rings. The summed E-state index contributed by atoms with van der Waals surface area (Å²) in [6.07, 6.45) is 2.93. The second kappa shape index (κ2) is 7.69. The predicted octanol–water partition coefficient (Wildman–Crippen LogP) is 3.06. The van der Waals surface area contributed by atoms with E-state index in [0.29, 0.717) is 16.6 Å². The molecule has 26 heavy (non-hydrogen) atoms. The molecule has 9 heteroatoms. The molecule has 0 saturated heterocycles. The van der Waals surface area contributed by atoms with E-state index in [1.807, 2.05) is 0 Å². The van der Waals surface area contributed by atoms with Crippen LogP contribution in [0.1, 0.15) is 16.1 Å². The molecule has 0 bridgehead atoms. The van der Waals surface area contributed by atoms with Crippen LogP contribution in [-0.4, -0.2) is 19.3 Å². The van der Waals surface area contributed by atoms with E-state index >= 15 is 0 Å². The molecule has 0 radical (unpaired) electrons. The quantitative estimate of drug-likeness (QED) is 0.672. The highest BCUT2D eigenvalue weighted by Crippen LogP contribution is 2.15. The lowest BCUT2D eigenvalue weighted by Gasteiger charge is -2.07. The first kappa shape index (κ1) is 18.1. The summed E-state index contributed by atoms with van der Waals surface area (Å²) in [4.78, 5) is 16.2. The maximum Gasteiger partial charge on any atom is 0.256 e. The fourth-order valence-corrected chi connectivity index (χ4v) is 3.26. The number of sulfonamides is 1. The molecule has 0 unspecified atom stereocenters. The molecular formula is C17H14ClN3O4S. The number of hydrogen-bond acceptors (Lipinski definition) is 5. The highest BCUT2D eigenvalue weighted by atomic mass is 35.5. The summed E-state index contributed by atoms with van der Waals surface area (Å²) >= 11 is 5.84. The molecule has 1 amide bonds. The number of furan rings is 1. The van der Waals surface area contributed by atoms with Gasteiger partial charge in [-0.15, -0.1) is 0 Å². The van der Waals surface area contributed by atoms with Crippen LogP contribution >= 0.6 is 11.6 Å². The first-order chi connectivity index (χ1) is 12.4. The monoisotopic (exact) mass is 391 g/mol. The van der Waals surface area contributed by atoms with Crippen LogP contribution in [0, 0.1) is 0 Å². The Bertz CT molecular complexity index is 1000. The Morgan fingerprint density at radius 3 is 2.58 bits per heavy atom. The molecule has 0 saturated carbocycles. The lowest BCUT2D eigenvalue weighted by atomic mass is 10.2. The molecule has 2 N–H and O–H groups in total. The molecule has 7 nitrogen and oxygen atoms in total. The molecule has 2 aromatic heterocycles. The van der Waals surface area contributed by atoms with Crippen LogP contribution in [0.15, 0.2) is 70.3 Å². The first-order valence-electron chi connectivity index (χ1n) is 7.49. The van der Waals surface area contributed by atoms with Crippen molar-refractivity contribution in [2.24, 2.45) is 0 Å². The van der Waals surface area contributed by atoms with Crippen LogP contribution in [0.4, 0.5) is 5.82 Å². The van der Waals surface area contributed by atoms with Gasteiger partial charge in [-0.1, -0.05) is 11.6 Å². The maximum atomic E-state index is 12.3. The van der Waals surface area contributed by atoms with E-state index in [9.17, 15) is 13.2 Å². The minimum absolute atomic E-state index is 0.0397. The number of aromatic nitrogens is 1. The van der Waals surface area contributed by atoms with Crippen LogP contribution in [0.3, 0.4) is 0 Å². The summed E-state index contributed by atoms with van der Waals surface area (Å²) in [6, 6.07) is 12.0. The van der Waals surface area contributed by atoms with Crippen molar-refractivity contribution in [2.75, 3.05) is 5.32 Å². The zero-order chi connectivity index (χ0) is 18.6. The summed E-state index contributed by atoms with van der Waals surface area (Å²) in [7, 11) is -3.71. The fraction of sp³-hybridized carbons (Fsp3) is 0.0588. The van der Waals surface area contributed by atoms with Gasteiger partial charge >= 0.3 is 0 Å². The normalized spacial score (nSPS) is 11.3. The number of nitrogens with zero attached hydrogens (tertiary/aromatic N) is 1. The summed E-state index contributed by atoms with van der Waals surface area (Å²) in [5.41, 5.74) is 0.289. The molecule has 0 atom stereocenters. The first-order valence-corrected chi connectivity index (χ1v) is 9.35. The largest absolute Gasteiger partial charge is 0.468 e. The van der Waals surface area contributed by atoms with Crippen molar-refractivity contribution in [2.45, 2.75) is 11.4 Å². The van der Waals surface area contributed by atoms with Gasteiger partial charge in [-0.3, -0.25) is 4.79 Å². The van der Waals surface area contributed by atoms with Crippen LogP contribution in [0.5, 0.6) is 0 Å². The van der Waals surface area contributed by atoms with E-state index in [0.717, 1.165) is 0 Å². The van der Waals surface area contributed by atoms with Gasteiger partial charge in [0, 0.05) is 16.8 Å². The summed E-state index contributed by atoms with van der Waals surface area (Å²) in [5.74, 6) is 0.380. The van der Waals surface area contributed by atoms with Crippen LogP contribution in [-0.2, 0) is 16.6 Å². The number of anilines is 1. The van der Waals surface area contributed by atoms with E-state index in [-0.39, 0.29) is 17.0 Å². The summed E-state index contributed by atoms with van der Waals surface area (Å²) in [5, 5.41) is 3.03. The van der Waals surface area contributed by atoms with E-state index in [1.54, 1.807) is 18.2 Å². The maximum absolute atomic E-state index is 12.3. The molecule has 0 fully saturated rings. The third-order valence-corrected chi connectivity index (χ3v) is 5.06. The third-order valence-electron chi connectivity index (χ3n) is 3.41. The number of pyridine rings is 1. The van der Waals surface area contributed by atoms with Crippen molar-refractivity contribution in [3.8, 4) is 0 Å². The smallest absolute Gasteiger partial charge is 0.256 e. The number of halogens is 1. The van der Waals surface area contributed by atoms with E-state index in [1.165, 1.54) is 42.8 Å². The standard InChI is InChI=1S/C17H14ClN3O4S/c18-13-7-8-19-16(10-13)21-17(22)12-3-5-15(6-4-12)26(23,24)20-11-14-2-1-9-25-14/h1-10,20H,11H2,(H,19,21,22). The SMILES string of the molecule is O=C(Nc1cc(Cl)ccn1)c1ccc(S(=O)(=O)NCc2ccco2)cc1. The predicted molar refractivity (Wildman–Crippen MR) is 96.4 cm³/mol. The number of carbonyl (C=O) groups excluding carboxylic acids is 1. The lowest BCUT2D eigenvalue weighted by Crippen LogP contribution is -2.23. The van der Waals surface area contributed by atoms with Crippen molar-refractivity contribution >= 4 is 33.3 Å². The van der Waals surface area contributed by atoms with Crippen LogP contribution in [0.25, 0.3) is 0 Å². The van der Waals surface area contributed by atoms with Gasteiger partial charge in [0.15, 0.2) is 0 Å². The highest BCUT2D eigenvalue weighted by molar-refractivity contribution is 7.89. The zero-order valence-electron chi connectivity index (χ0n) is 13.3. The topological polar surface area (TPSA) is 101 Å². The van der Waals surface area contributed by atoms with Crippen molar-refractivity contribution in [3.63, 3.8) is 0 Å². The average molecular weight is 392 g/mol. The highest BCUT2D eigenvalue weighted by Gasteiger charge is 2.15. The molecule has 3 aromatic rings. The van der Waals surface area contributed by atoms with Gasteiger partial charge in [-0.2, -0.15) is 0 Å². The number of nitrogens with one attached hydrogen (secondary N) is 2. The second-order valence-electron chi connectivity index (χ2n) is 5.24. The molecule has 134 valence electrons. The zero-order valence-corrected chi connectivity index (χ0v) is 14.9. The van der Waals surface area contributed by atoms with Crippen LogP contribution < -0.4 is 10.0 Å². The Morgan fingerprint density at radius 2 is 1.92 bits per heavy atom. The minimum atomic E-state index is -3.71. The molecular weight excluding hydrogens is 378 g/mol. The molecule has 0 spiro atoms. The summed E-state index contributed by atoms with van der Waals surface area (Å²) in [6.45, 7) is 0.0397. The Morgan fingerprint density at radius 1 is 1.15 bits per heavy atom. The van der Waals surface area contributed by atoms with E-state index < -0.39 is 15.9 Å². The van der Waals surface area contributed by atoms with Gasteiger partial charge < -0.3 is 9.73 Å². The Balaban J connectivity index is 1.68. The number of hydrogen-bond donors (Lipinski definition) is 2. The van der Waals surface area contributed by atoms with Crippen LogP contribution in [0.2, 0.25) is 5.02 Å². The van der Waals surface area contributed by atoms with E-state index in [2.05, 4.69) is 15.0 Å². The Kier molecular flexibility index (Phi) is 5.36. The fourth-order valence-electron chi connectivity index (χ4n) is 2.11. The molecule has 3 rings (SSSR count). The third kappa shape index (κ3) is 4.48. The Hall–Kier alpha value is -2.68. The van der Waals surface area contributed by atoms with Gasteiger partial charge in [0.05, 0.1) is 17.7 Å². The molecule has 2 heterocycles. The number of benzene rings is 1. The van der Waals surface area contributed by atoms with E-state index in [4.69, 9.17) is 16.0 Å². The van der Waals surface area contributed by atoms with Gasteiger partial charge in [-0.05, 0) is 48.5 Å². The second-order valence-corrected chi connectivity index (χ2v) is 7.45. The molecule has 1 aromatic carbocycles. The molecule has 0 aliphatic heterocycles. The average Bonchev–Trinajstić information content (AvgIpc) is 3.14. The van der Waals surface area contributed by atoms with Gasteiger partial charge in [0.25, 0.3) is 5.91 Å². The van der Waals surface area contributed by atoms with Gasteiger partial charge in [0.2, 0.25) is 10.0 Å². The summed E-state index contributed by atoms with van der Waals surface area (Å²) < 4.78 is 32.0. The number of carbonyl (C=O) groups is 1. The number of rotatable bonds is 6. The lowest BCUT2D eigenvalue weighted by molar-refractivity contribution is 0.102. The van der Waals surface area contributed by atoms with Gasteiger partial charge in [-0.25, -0.2) is 18.1 Å². The number of amides is 1. The Labute approximate surface area is 155 Å². The van der Waals surface area contributed by atoms with Crippen molar-refractivity contribution in [1.29, 1.82) is 0 Å². The van der Waals surface area contributed by atoms with Gasteiger partial charge in [0.1, 0.15) is 11.6 Å². The molecule has 0 aliphatic carbocycles. The van der Waals surface area contributed by atoms with Crippen molar-refractivity contribution < 1.29 is 17.6 Å². The van der Waals surface area contributed by atoms with Crippen molar-refractivity contribution in [1.82, 2.24) is 9.71 Å². The minimum Gasteiger partial charge on any atom is -0.468 e. The van der Waals surface area contributed by atoms with Crippen molar-refractivity contribution in [3.05, 3.63) is 77.3 Å².